The summed E-state index contributed by atoms with van der Waals surface area (Å²) >= 11 is 0. The van der Waals surface area contributed by atoms with E-state index in [4.69, 9.17) is 0 Å². The summed E-state index contributed by atoms with van der Waals surface area (Å²) in [5, 5.41) is 2.78. The van der Waals surface area contributed by atoms with Gasteiger partial charge in [0.25, 0.3) is 0 Å². The highest BCUT2D eigenvalue weighted by atomic mass is 32.2. The smallest absolute Gasteiger partial charge is 0.217 e. The second kappa shape index (κ2) is 7.46. The maximum absolute atomic E-state index is 12.4. The average Bonchev–Trinajstić information content (AvgIpc) is 2.63. The molecular formula is C13H28N2O2S. The molecule has 108 valence electrons. The summed E-state index contributed by atoms with van der Waals surface area (Å²) in [7, 11) is -1.40. The number of rotatable bonds is 6. The molecule has 0 aromatic carbocycles. The van der Waals surface area contributed by atoms with Gasteiger partial charge in [0.1, 0.15) is 0 Å². The summed E-state index contributed by atoms with van der Waals surface area (Å²) in [6.07, 6.45) is 6.85. The van der Waals surface area contributed by atoms with E-state index < -0.39 is 10.0 Å². The Morgan fingerprint density at radius 1 is 1.22 bits per heavy atom. The molecule has 0 aliphatic heterocycles. The van der Waals surface area contributed by atoms with Crippen molar-refractivity contribution in [3.8, 4) is 0 Å². The lowest BCUT2D eigenvalue weighted by molar-refractivity contribution is 0.331. The first-order valence-corrected chi connectivity index (χ1v) is 8.68. The largest absolute Gasteiger partial charge is 0.316 e. The molecule has 1 N–H and O–H groups in total. The molecule has 0 amide bonds. The lowest BCUT2D eigenvalue weighted by atomic mass is 10.1. The Hall–Kier alpha value is -0.130. The zero-order chi connectivity index (χ0) is 13.6. The maximum Gasteiger partial charge on any atom is 0.217 e. The Bertz CT molecular complexity index is 322. The minimum Gasteiger partial charge on any atom is -0.316 e. The van der Waals surface area contributed by atoms with Crippen LogP contribution in [0, 0.1) is 0 Å². The van der Waals surface area contributed by atoms with Gasteiger partial charge in [-0.2, -0.15) is 0 Å². The highest BCUT2D eigenvalue weighted by Gasteiger charge is 2.31. The Morgan fingerprint density at radius 3 is 2.28 bits per heavy atom. The standard InChI is InChI=1S/C13H28N2O2S/c1-4-14-11-12(2)18(16,17)15(3)13-9-7-5-6-8-10-13/h12-14H,4-11H2,1-3H3. The summed E-state index contributed by atoms with van der Waals surface area (Å²) < 4.78 is 26.5. The fourth-order valence-electron chi connectivity index (χ4n) is 2.57. The maximum atomic E-state index is 12.4. The number of hydrogen-bond donors (Lipinski definition) is 1. The van der Waals surface area contributed by atoms with Crippen LogP contribution in [0.4, 0.5) is 0 Å². The number of nitrogens with zero attached hydrogens (tertiary/aromatic N) is 1. The average molecular weight is 276 g/mol. The SMILES string of the molecule is CCNCC(C)S(=O)(=O)N(C)C1CCCCCC1. The van der Waals surface area contributed by atoms with Crippen LogP contribution in [0.15, 0.2) is 0 Å². The van der Waals surface area contributed by atoms with Crippen LogP contribution >= 0.6 is 0 Å². The van der Waals surface area contributed by atoms with Crippen LogP contribution < -0.4 is 5.32 Å². The Kier molecular flexibility index (Phi) is 6.60. The van der Waals surface area contributed by atoms with Crippen molar-refractivity contribution in [3.63, 3.8) is 0 Å². The predicted molar refractivity (Wildman–Crippen MR) is 76.2 cm³/mol. The Morgan fingerprint density at radius 2 is 1.78 bits per heavy atom. The zero-order valence-corrected chi connectivity index (χ0v) is 12.8. The van der Waals surface area contributed by atoms with Gasteiger partial charge in [-0.05, 0) is 26.3 Å². The van der Waals surface area contributed by atoms with E-state index in [9.17, 15) is 8.42 Å². The van der Waals surface area contributed by atoms with Crippen LogP contribution in [0.2, 0.25) is 0 Å². The molecule has 0 aromatic heterocycles. The lowest BCUT2D eigenvalue weighted by Crippen LogP contribution is -2.44. The van der Waals surface area contributed by atoms with E-state index in [2.05, 4.69) is 5.32 Å². The molecule has 0 heterocycles. The molecule has 1 rings (SSSR count). The normalized spacial score (nSPS) is 20.9. The highest BCUT2D eigenvalue weighted by molar-refractivity contribution is 7.89. The van der Waals surface area contributed by atoms with E-state index in [0.29, 0.717) is 6.54 Å². The van der Waals surface area contributed by atoms with Crippen molar-refractivity contribution in [2.24, 2.45) is 0 Å². The Labute approximate surface area is 112 Å². The highest BCUT2D eigenvalue weighted by Crippen LogP contribution is 2.24. The summed E-state index contributed by atoms with van der Waals surface area (Å²) in [5.74, 6) is 0. The minimum absolute atomic E-state index is 0.210. The first-order chi connectivity index (χ1) is 8.50. The molecule has 5 heteroatoms. The quantitative estimate of drug-likeness (QED) is 0.755. The molecule has 1 atom stereocenters. The molecule has 0 aromatic rings. The van der Waals surface area contributed by atoms with Crippen molar-refractivity contribution in [3.05, 3.63) is 0 Å². The summed E-state index contributed by atoms with van der Waals surface area (Å²) in [4.78, 5) is 0. The fourth-order valence-corrected chi connectivity index (χ4v) is 4.09. The van der Waals surface area contributed by atoms with Gasteiger partial charge in [0, 0.05) is 19.6 Å². The second-order valence-electron chi connectivity index (χ2n) is 5.32. The van der Waals surface area contributed by atoms with Crippen molar-refractivity contribution >= 4 is 10.0 Å². The predicted octanol–water partition coefficient (Wildman–Crippen LogP) is 1.97. The van der Waals surface area contributed by atoms with E-state index in [0.717, 1.165) is 32.2 Å². The monoisotopic (exact) mass is 276 g/mol. The molecule has 1 unspecified atom stereocenters. The van der Waals surface area contributed by atoms with Gasteiger partial charge in [-0.25, -0.2) is 12.7 Å². The van der Waals surface area contributed by atoms with E-state index >= 15 is 0 Å². The third-order valence-electron chi connectivity index (χ3n) is 3.93. The minimum atomic E-state index is -3.16. The van der Waals surface area contributed by atoms with Crippen LogP contribution in [-0.2, 0) is 10.0 Å². The molecule has 1 saturated carbocycles. The molecule has 1 fully saturated rings. The van der Waals surface area contributed by atoms with Gasteiger partial charge in [0.05, 0.1) is 5.25 Å². The summed E-state index contributed by atoms with van der Waals surface area (Å²) in [6.45, 7) is 5.14. The summed E-state index contributed by atoms with van der Waals surface area (Å²) in [5.41, 5.74) is 0. The van der Waals surface area contributed by atoms with Gasteiger partial charge in [-0.1, -0.05) is 32.6 Å². The van der Waals surface area contributed by atoms with E-state index in [-0.39, 0.29) is 11.3 Å². The van der Waals surface area contributed by atoms with Crippen molar-refractivity contribution in [1.82, 2.24) is 9.62 Å². The molecular weight excluding hydrogens is 248 g/mol. The van der Waals surface area contributed by atoms with Crippen LogP contribution in [0.25, 0.3) is 0 Å². The Balaban J connectivity index is 2.64. The molecule has 4 nitrogen and oxygen atoms in total. The molecule has 0 bridgehead atoms. The number of nitrogens with one attached hydrogen (secondary N) is 1. The van der Waals surface area contributed by atoms with Gasteiger partial charge >= 0.3 is 0 Å². The van der Waals surface area contributed by atoms with Crippen LogP contribution in [0.1, 0.15) is 52.4 Å². The zero-order valence-electron chi connectivity index (χ0n) is 12.0. The first kappa shape index (κ1) is 15.9. The second-order valence-corrected chi connectivity index (χ2v) is 7.74. The lowest BCUT2D eigenvalue weighted by Gasteiger charge is -2.29. The number of hydrogen-bond acceptors (Lipinski definition) is 3. The van der Waals surface area contributed by atoms with Crippen molar-refractivity contribution in [2.45, 2.75) is 63.7 Å². The third-order valence-corrected chi connectivity index (χ3v) is 6.22. The first-order valence-electron chi connectivity index (χ1n) is 7.17. The molecule has 0 saturated heterocycles. The molecule has 18 heavy (non-hydrogen) atoms. The van der Waals surface area contributed by atoms with Gasteiger partial charge in [0.2, 0.25) is 10.0 Å². The van der Waals surface area contributed by atoms with Crippen molar-refractivity contribution in [1.29, 1.82) is 0 Å². The van der Waals surface area contributed by atoms with E-state index in [1.165, 1.54) is 12.8 Å². The van der Waals surface area contributed by atoms with Gasteiger partial charge in [0.15, 0.2) is 0 Å². The van der Waals surface area contributed by atoms with Gasteiger partial charge in [-0.15, -0.1) is 0 Å². The van der Waals surface area contributed by atoms with Crippen LogP contribution in [0.3, 0.4) is 0 Å². The fraction of sp³-hybridized carbons (Fsp3) is 1.00. The topological polar surface area (TPSA) is 49.4 Å². The summed E-state index contributed by atoms with van der Waals surface area (Å²) in [6, 6.07) is 0.210. The third kappa shape index (κ3) is 4.21. The number of sulfonamides is 1. The van der Waals surface area contributed by atoms with Gasteiger partial charge < -0.3 is 5.32 Å². The van der Waals surface area contributed by atoms with Crippen molar-refractivity contribution < 1.29 is 8.42 Å². The van der Waals surface area contributed by atoms with Crippen molar-refractivity contribution in [2.75, 3.05) is 20.1 Å². The van der Waals surface area contributed by atoms with Gasteiger partial charge in [-0.3, -0.25) is 0 Å². The van der Waals surface area contributed by atoms with E-state index in [1.54, 1.807) is 18.3 Å². The molecule has 0 spiro atoms. The molecule has 0 radical (unpaired) electrons. The van der Waals surface area contributed by atoms with Crippen LogP contribution in [0.5, 0.6) is 0 Å². The molecule has 1 aliphatic rings. The van der Waals surface area contributed by atoms with E-state index in [1.807, 2.05) is 6.92 Å². The molecule has 1 aliphatic carbocycles. The van der Waals surface area contributed by atoms with Crippen LogP contribution in [-0.4, -0.2) is 44.2 Å².